The fourth-order valence-electron chi connectivity index (χ4n) is 4.24. The van der Waals surface area contributed by atoms with Crippen LogP contribution in [0, 0.1) is 3.57 Å². The third kappa shape index (κ3) is 4.47. The molecule has 5 aromatic rings. The van der Waals surface area contributed by atoms with Crippen molar-refractivity contribution >= 4 is 66.2 Å². The Balaban J connectivity index is 1.59. The molecule has 0 saturated carbocycles. The van der Waals surface area contributed by atoms with Crippen molar-refractivity contribution in [3.05, 3.63) is 97.7 Å². The minimum atomic E-state index is -0.129. The van der Waals surface area contributed by atoms with Crippen LogP contribution in [-0.4, -0.2) is 15.5 Å². The zero-order valence-electron chi connectivity index (χ0n) is 18.5. The number of benzene rings is 3. The summed E-state index contributed by atoms with van der Waals surface area (Å²) in [6, 6.07) is 22.1. The minimum Gasteiger partial charge on any atom is -0.350 e. The maximum Gasteiger partial charge on any atom is 0.252 e. The number of nitrogens with two attached hydrogens (primary N) is 1. The van der Waals surface area contributed by atoms with Crippen molar-refractivity contribution < 1.29 is 4.79 Å². The summed E-state index contributed by atoms with van der Waals surface area (Å²) in [4.78, 5) is 18.4. The molecule has 0 saturated heterocycles. The standard InChI is InChI=1S/C27H22BrIN4O/c1-33-15-23(21-10-18(28)5-8-26(21)33)25-12-22(20-11-19(29)6-7-24(20)32-25)27(34)31-14-17-4-2-3-16(9-17)13-30/h2-12,15H,13-14,30H2,1H3,(H,31,34). The maximum absolute atomic E-state index is 13.4. The van der Waals surface area contributed by atoms with E-state index >= 15 is 0 Å². The Bertz CT molecular complexity index is 1560. The number of amides is 1. The van der Waals surface area contributed by atoms with Crippen LogP contribution in [-0.2, 0) is 20.1 Å². The molecule has 170 valence electrons. The second-order valence-electron chi connectivity index (χ2n) is 8.24. The molecule has 0 aliphatic rings. The van der Waals surface area contributed by atoms with Crippen molar-refractivity contribution in [3.8, 4) is 11.3 Å². The summed E-state index contributed by atoms with van der Waals surface area (Å²) in [7, 11) is 2.02. The van der Waals surface area contributed by atoms with Crippen molar-refractivity contribution in [2.24, 2.45) is 12.8 Å². The van der Waals surface area contributed by atoms with Crippen LogP contribution < -0.4 is 11.1 Å². The smallest absolute Gasteiger partial charge is 0.252 e. The van der Waals surface area contributed by atoms with Crippen molar-refractivity contribution in [2.75, 3.05) is 0 Å². The van der Waals surface area contributed by atoms with E-state index in [9.17, 15) is 4.79 Å². The Labute approximate surface area is 219 Å². The second-order valence-corrected chi connectivity index (χ2v) is 10.4. The Morgan fingerprint density at radius 2 is 1.88 bits per heavy atom. The SMILES string of the molecule is Cn1cc(-c2cc(C(=O)NCc3cccc(CN)c3)c3cc(I)ccc3n2)c2cc(Br)ccc21. The van der Waals surface area contributed by atoms with Crippen LogP contribution in [0.2, 0.25) is 0 Å². The summed E-state index contributed by atoms with van der Waals surface area (Å²) in [6.07, 6.45) is 2.07. The number of carbonyl (C=O) groups is 1. The zero-order chi connectivity index (χ0) is 23.8. The summed E-state index contributed by atoms with van der Waals surface area (Å²) in [5.41, 5.74) is 12.1. The van der Waals surface area contributed by atoms with E-state index in [1.54, 1.807) is 0 Å². The van der Waals surface area contributed by atoms with E-state index in [0.717, 1.165) is 52.2 Å². The van der Waals surface area contributed by atoms with Crippen molar-refractivity contribution in [1.29, 1.82) is 0 Å². The fraction of sp³-hybridized carbons (Fsp3) is 0.111. The summed E-state index contributed by atoms with van der Waals surface area (Å²) in [5.74, 6) is -0.129. The molecule has 0 unspecified atom stereocenters. The van der Waals surface area contributed by atoms with Gasteiger partial charge in [-0.2, -0.15) is 0 Å². The van der Waals surface area contributed by atoms with E-state index < -0.39 is 0 Å². The van der Waals surface area contributed by atoms with Crippen LogP contribution >= 0.6 is 38.5 Å². The van der Waals surface area contributed by atoms with E-state index in [1.807, 2.05) is 61.6 Å². The number of halogens is 2. The summed E-state index contributed by atoms with van der Waals surface area (Å²) < 4.78 is 4.14. The van der Waals surface area contributed by atoms with Crippen LogP contribution in [0.5, 0.6) is 0 Å². The van der Waals surface area contributed by atoms with Gasteiger partial charge in [-0.05, 0) is 76.2 Å². The molecule has 0 spiro atoms. The lowest BCUT2D eigenvalue weighted by Gasteiger charge is -2.11. The minimum absolute atomic E-state index is 0.129. The summed E-state index contributed by atoms with van der Waals surface area (Å²) in [5, 5.41) is 5.01. The lowest BCUT2D eigenvalue weighted by atomic mass is 10.0. The van der Waals surface area contributed by atoms with E-state index in [0.29, 0.717) is 18.7 Å². The number of nitrogens with zero attached hydrogens (tertiary/aromatic N) is 2. The first-order valence-electron chi connectivity index (χ1n) is 10.8. The second kappa shape index (κ2) is 9.48. The van der Waals surface area contributed by atoms with Gasteiger partial charge in [0.15, 0.2) is 0 Å². The molecule has 2 heterocycles. The highest BCUT2D eigenvalue weighted by molar-refractivity contribution is 14.1. The van der Waals surface area contributed by atoms with Gasteiger partial charge in [0.25, 0.3) is 5.91 Å². The molecule has 0 aliphatic heterocycles. The van der Waals surface area contributed by atoms with Gasteiger partial charge in [-0.15, -0.1) is 0 Å². The number of hydrogen-bond acceptors (Lipinski definition) is 3. The quantitative estimate of drug-likeness (QED) is 0.231. The largest absolute Gasteiger partial charge is 0.350 e. The van der Waals surface area contributed by atoms with Crippen LogP contribution in [0.3, 0.4) is 0 Å². The van der Waals surface area contributed by atoms with Gasteiger partial charge in [0, 0.05) is 56.2 Å². The van der Waals surface area contributed by atoms with E-state index in [2.05, 4.69) is 66.7 Å². The molecule has 0 fully saturated rings. The molecular weight excluding hydrogens is 603 g/mol. The van der Waals surface area contributed by atoms with Crippen molar-refractivity contribution in [2.45, 2.75) is 13.1 Å². The topological polar surface area (TPSA) is 72.9 Å². The maximum atomic E-state index is 13.4. The molecule has 7 heteroatoms. The molecule has 1 amide bonds. The van der Waals surface area contributed by atoms with Crippen LogP contribution in [0.15, 0.2) is 77.4 Å². The summed E-state index contributed by atoms with van der Waals surface area (Å²) in [6.45, 7) is 0.899. The number of rotatable bonds is 5. The van der Waals surface area contributed by atoms with Crippen LogP contribution in [0.1, 0.15) is 21.5 Å². The van der Waals surface area contributed by atoms with Gasteiger partial charge < -0.3 is 15.6 Å². The van der Waals surface area contributed by atoms with Crippen molar-refractivity contribution in [1.82, 2.24) is 14.9 Å². The third-order valence-electron chi connectivity index (χ3n) is 5.92. The van der Waals surface area contributed by atoms with Gasteiger partial charge in [0.2, 0.25) is 0 Å². The van der Waals surface area contributed by atoms with Crippen molar-refractivity contribution in [3.63, 3.8) is 0 Å². The number of pyridine rings is 1. The number of hydrogen-bond donors (Lipinski definition) is 2. The molecule has 5 nitrogen and oxygen atoms in total. The molecule has 5 rings (SSSR count). The molecular formula is C27H22BrIN4O. The molecule has 34 heavy (non-hydrogen) atoms. The number of nitrogens with one attached hydrogen (secondary N) is 1. The highest BCUT2D eigenvalue weighted by Gasteiger charge is 2.17. The highest BCUT2D eigenvalue weighted by atomic mass is 127. The average molecular weight is 625 g/mol. The zero-order valence-corrected chi connectivity index (χ0v) is 22.2. The normalized spacial score (nSPS) is 11.3. The van der Waals surface area contributed by atoms with E-state index in [1.165, 1.54) is 0 Å². The molecule has 3 aromatic carbocycles. The average Bonchev–Trinajstić information content (AvgIpc) is 3.17. The fourth-order valence-corrected chi connectivity index (χ4v) is 5.09. The predicted molar refractivity (Wildman–Crippen MR) is 150 cm³/mol. The number of fused-ring (bicyclic) bond motifs is 2. The Hall–Kier alpha value is -2.75. The molecule has 0 atom stereocenters. The molecule has 2 aromatic heterocycles. The van der Waals surface area contributed by atoms with Gasteiger partial charge in [0.05, 0.1) is 16.8 Å². The van der Waals surface area contributed by atoms with Crippen LogP contribution in [0.4, 0.5) is 0 Å². The molecule has 0 bridgehead atoms. The lowest BCUT2D eigenvalue weighted by molar-refractivity contribution is 0.0952. The van der Waals surface area contributed by atoms with Gasteiger partial charge in [-0.1, -0.05) is 40.2 Å². The predicted octanol–water partition coefficient (Wildman–Crippen LogP) is 6.15. The first kappa shape index (κ1) is 23.0. The summed E-state index contributed by atoms with van der Waals surface area (Å²) >= 11 is 5.85. The first-order chi connectivity index (χ1) is 16.4. The highest BCUT2D eigenvalue weighted by Crippen LogP contribution is 2.33. The lowest BCUT2D eigenvalue weighted by Crippen LogP contribution is -2.23. The Morgan fingerprint density at radius 1 is 1.06 bits per heavy atom. The monoisotopic (exact) mass is 624 g/mol. The number of aromatic nitrogens is 2. The number of aryl methyl sites for hydroxylation is 1. The third-order valence-corrected chi connectivity index (χ3v) is 7.09. The van der Waals surface area contributed by atoms with E-state index in [4.69, 9.17) is 10.7 Å². The molecule has 0 radical (unpaired) electrons. The van der Waals surface area contributed by atoms with Gasteiger partial charge in [-0.25, -0.2) is 4.98 Å². The van der Waals surface area contributed by atoms with Gasteiger partial charge >= 0.3 is 0 Å². The Kier molecular flexibility index (Phi) is 6.42. The first-order valence-corrected chi connectivity index (χ1v) is 12.7. The Morgan fingerprint density at radius 3 is 2.71 bits per heavy atom. The van der Waals surface area contributed by atoms with Gasteiger partial charge in [0.1, 0.15) is 0 Å². The van der Waals surface area contributed by atoms with Gasteiger partial charge in [-0.3, -0.25) is 4.79 Å². The molecule has 3 N–H and O–H groups in total. The van der Waals surface area contributed by atoms with Crippen LogP contribution in [0.25, 0.3) is 33.1 Å². The molecule has 0 aliphatic carbocycles. The van der Waals surface area contributed by atoms with E-state index in [-0.39, 0.29) is 5.91 Å². The number of carbonyl (C=O) groups excluding carboxylic acids is 1.